The molecule has 0 saturated carbocycles. The third-order valence-electron chi connectivity index (χ3n) is 3.63. The quantitative estimate of drug-likeness (QED) is 0.795. The zero-order valence-electron chi connectivity index (χ0n) is 13.3. The average molecular weight is 332 g/mol. The van der Waals surface area contributed by atoms with E-state index in [1.165, 1.54) is 0 Å². The number of hydrogen-bond donors (Lipinski definition) is 0. The first-order valence-corrected chi connectivity index (χ1v) is 7.44. The lowest BCUT2D eigenvalue weighted by atomic mass is 9.92. The number of ether oxygens (including phenoxy) is 3. The Labute approximate surface area is 141 Å². The maximum Gasteiger partial charge on any atom is 0.137 e. The van der Waals surface area contributed by atoms with E-state index in [2.05, 4.69) is 6.07 Å². The summed E-state index contributed by atoms with van der Waals surface area (Å²) < 4.78 is 15.7. The van der Waals surface area contributed by atoms with Crippen molar-refractivity contribution >= 4 is 11.6 Å². The summed E-state index contributed by atoms with van der Waals surface area (Å²) in [6.07, 6.45) is 0.531. The number of methoxy groups -OCH3 is 3. The summed E-state index contributed by atoms with van der Waals surface area (Å²) in [6, 6.07) is 13.3. The van der Waals surface area contributed by atoms with Crippen LogP contribution in [0, 0.1) is 11.3 Å². The minimum atomic E-state index is -0.347. The van der Waals surface area contributed by atoms with Crippen LogP contribution in [0.5, 0.6) is 17.2 Å². The van der Waals surface area contributed by atoms with Gasteiger partial charge in [-0.15, -0.1) is 0 Å². The highest BCUT2D eigenvalue weighted by Gasteiger charge is 2.18. The van der Waals surface area contributed by atoms with E-state index in [9.17, 15) is 5.26 Å². The standard InChI is InChI=1S/C18H18ClNO3/c1-21-14-5-6-15(18(10-14)23-3)13(11-20)8-12-4-7-17(22-2)16(19)9-12/h4-7,9-10,13H,8H2,1-3H3. The molecular formula is C18H18ClNO3. The summed E-state index contributed by atoms with van der Waals surface area (Å²) in [5.41, 5.74) is 1.78. The number of nitrogens with zero attached hydrogens (tertiary/aromatic N) is 1. The monoisotopic (exact) mass is 331 g/mol. The van der Waals surface area contributed by atoms with E-state index < -0.39 is 0 Å². The lowest BCUT2D eigenvalue weighted by Crippen LogP contribution is -2.03. The van der Waals surface area contributed by atoms with Gasteiger partial charge in [0.2, 0.25) is 0 Å². The Morgan fingerprint density at radius 2 is 1.74 bits per heavy atom. The smallest absolute Gasteiger partial charge is 0.137 e. The summed E-state index contributed by atoms with van der Waals surface area (Å²) in [5.74, 6) is 1.59. The highest BCUT2D eigenvalue weighted by Crippen LogP contribution is 2.33. The van der Waals surface area contributed by atoms with E-state index in [1.807, 2.05) is 24.3 Å². The van der Waals surface area contributed by atoms with Gasteiger partial charge in [-0.05, 0) is 30.2 Å². The molecule has 1 atom stereocenters. The maximum atomic E-state index is 9.56. The maximum absolute atomic E-state index is 9.56. The molecule has 2 aromatic rings. The fourth-order valence-corrected chi connectivity index (χ4v) is 2.68. The largest absolute Gasteiger partial charge is 0.497 e. The Kier molecular flexibility index (Phi) is 5.72. The van der Waals surface area contributed by atoms with Crippen LogP contribution in [0.4, 0.5) is 0 Å². The second kappa shape index (κ2) is 7.75. The fourth-order valence-electron chi connectivity index (χ4n) is 2.40. The molecule has 23 heavy (non-hydrogen) atoms. The highest BCUT2D eigenvalue weighted by atomic mass is 35.5. The first-order chi connectivity index (χ1) is 11.1. The van der Waals surface area contributed by atoms with Gasteiger partial charge in [0.15, 0.2) is 0 Å². The van der Waals surface area contributed by atoms with E-state index in [0.29, 0.717) is 28.7 Å². The van der Waals surface area contributed by atoms with Crippen LogP contribution < -0.4 is 14.2 Å². The van der Waals surface area contributed by atoms with Crippen LogP contribution >= 0.6 is 11.6 Å². The summed E-state index contributed by atoms with van der Waals surface area (Å²) in [5, 5.41) is 10.1. The first kappa shape index (κ1) is 17.0. The van der Waals surface area contributed by atoms with Gasteiger partial charge < -0.3 is 14.2 Å². The van der Waals surface area contributed by atoms with Crippen molar-refractivity contribution in [2.24, 2.45) is 0 Å². The molecule has 0 aliphatic heterocycles. The van der Waals surface area contributed by atoms with Crippen molar-refractivity contribution in [2.45, 2.75) is 12.3 Å². The molecule has 0 amide bonds. The topological polar surface area (TPSA) is 51.5 Å². The summed E-state index contributed by atoms with van der Waals surface area (Å²) in [7, 11) is 4.74. The summed E-state index contributed by atoms with van der Waals surface area (Å²) in [4.78, 5) is 0. The molecule has 120 valence electrons. The van der Waals surface area contributed by atoms with Crippen molar-refractivity contribution < 1.29 is 14.2 Å². The van der Waals surface area contributed by atoms with Crippen molar-refractivity contribution in [3.63, 3.8) is 0 Å². The molecule has 2 rings (SSSR count). The molecule has 0 heterocycles. The van der Waals surface area contributed by atoms with E-state index in [-0.39, 0.29) is 5.92 Å². The zero-order valence-corrected chi connectivity index (χ0v) is 14.1. The Morgan fingerprint density at radius 1 is 1.00 bits per heavy atom. The van der Waals surface area contributed by atoms with Crippen molar-refractivity contribution in [1.29, 1.82) is 5.26 Å². The second-order valence-corrected chi connectivity index (χ2v) is 5.37. The van der Waals surface area contributed by atoms with E-state index in [4.69, 9.17) is 25.8 Å². The SMILES string of the molecule is COc1ccc(C(C#N)Cc2ccc(OC)c(Cl)c2)c(OC)c1. The molecule has 0 bridgehead atoms. The molecule has 1 unspecified atom stereocenters. The molecule has 0 aromatic heterocycles. The molecule has 4 nitrogen and oxygen atoms in total. The minimum absolute atomic E-state index is 0.347. The molecule has 0 aliphatic rings. The minimum Gasteiger partial charge on any atom is -0.497 e. The predicted molar refractivity (Wildman–Crippen MR) is 89.6 cm³/mol. The van der Waals surface area contributed by atoms with Crippen LogP contribution in [0.3, 0.4) is 0 Å². The lowest BCUT2D eigenvalue weighted by molar-refractivity contribution is 0.390. The van der Waals surface area contributed by atoms with Crippen molar-refractivity contribution in [1.82, 2.24) is 0 Å². The molecular weight excluding hydrogens is 314 g/mol. The zero-order chi connectivity index (χ0) is 16.8. The number of hydrogen-bond acceptors (Lipinski definition) is 4. The van der Waals surface area contributed by atoms with Crippen molar-refractivity contribution in [2.75, 3.05) is 21.3 Å². The summed E-state index contributed by atoms with van der Waals surface area (Å²) in [6.45, 7) is 0. The third-order valence-corrected chi connectivity index (χ3v) is 3.92. The third kappa shape index (κ3) is 3.88. The van der Waals surface area contributed by atoms with Crippen molar-refractivity contribution in [3.8, 4) is 23.3 Å². The molecule has 0 radical (unpaired) electrons. The van der Waals surface area contributed by atoms with E-state index >= 15 is 0 Å². The van der Waals surface area contributed by atoms with E-state index in [0.717, 1.165) is 11.1 Å². The number of benzene rings is 2. The number of halogens is 1. The van der Waals surface area contributed by atoms with Gasteiger partial charge in [0.25, 0.3) is 0 Å². The van der Waals surface area contributed by atoms with Gasteiger partial charge in [-0.1, -0.05) is 23.7 Å². The number of nitriles is 1. The molecule has 0 fully saturated rings. The second-order valence-electron chi connectivity index (χ2n) is 4.96. The molecule has 5 heteroatoms. The Morgan fingerprint density at radius 3 is 2.30 bits per heavy atom. The normalized spacial score (nSPS) is 11.4. The predicted octanol–water partition coefficient (Wildman–Crippen LogP) is 4.22. The van der Waals surface area contributed by atoms with Crippen LogP contribution in [0.2, 0.25) is 5.02 Å². The molecule has 0 saturated heterocycles. The van der Waals surface area contributed by atoms with Gasteiger partial charge in [-0.3, -0.25) is 0 Å². The van der Waals surface area contributed by atoms with Gasteiger partial charge in [-0.25, -0.2) is 0 Å². The Hall–Kier alpha value is -2.38. The number of rotatable bonds is 6. The molecule has 0 N–H and O–H groups in total. The van der Waals surface area contributed by atoms with Crippen LogP contribution in [0.15, 0.2) is 36.4 Å². The lowest BCUT2D eigenvalue weighted by Gasteiger charge is -2.15. The van der Waals surface area contributed by atoms with Crippen LogP contribution in [0.25, 0.3) is 0 Å². The molecule has 0 aliphatic carbocycles. The Balaban J connectivity index is 2.30. The van der Waals surface area contributed by atoms with Crippen LogP contribution in [0.1, 0.15) is 17.0 Å². The fraction of sp³-hybridized carbons (Fsp3) is 0.278. The van der Waals surface area contributed by atoms with Gasteiger partial charge in [0.1, 0.15) is 17.2 Å². The van der Waals surface area contributed by atoms with Crippen molar-refractivity contribution in [3.05, 3.63) is 52.5 Å². The van der Waals surface area contributed by atoms with Gasteiger partial charge >= 0.3 is 0 Å². The Bertz CT molecular complexity index is 725. The summed E-state index contributed by atoms with van der Waals surface area (Å²) >= 11 is 6.15. The van der Waals surface area contributed by atoms with Gasteiger partial charge in [0, 0.05) is 11.6 Å². The highest BCUT2D eigenvalue weighted by molar-refractivity contribution is 6.32. The first-order valence-electron chi connectivity index (χ1n) is 7.06. The van der Waals surface area contributed by atoms with Crippen LogP contribution in [-0.4, -0.2) is 21.3 Å². The van der Waals surface area contributed by atoms with Gasteiger partial charge in [0.05, 0.1) is 38.3 Å². The molecule has 2 aromatic carbocycles. The molecule has 0 spiro atoms. The van der Waals surface area contributed by atoms with Gasteiger partial charge in [-0.2, -0.15) is 5.26 Å². The van der Waals surface area contributed by atoms with E-state index in [1.54, 1.807) is 33.5 Å². The van der Waals surface area contributed by atoms with Crippen LogP contribution in [-0.2, 0) is 6.42 Å². The average Bonchev–Trinajstić information content (AvgIpc) is 2.59.